The van der Waals surface area contributed by atoms with E-state index in [9.17, 15) is 4.79 Å². The van der Waals surface area contributed by atoms with Crippen molar-refractivity contribution in [3.05, 3.63) is 64.2 Å². The Balaban J connectivity index is 1.82. The number of aryl methyl sites for hydroxylation is 2. The normalized spacial score (nSPS) is 17.2. The first-order valence-corrected chi connectivity index (χ1v) is 9.63. The molecule has 27 heavy (non-hydrogen) atoms. The number of aliphatic carboxylic acids is 1. The van der Waals surface area contributed by atoms with Gasteiger partial charge in [-0.2, -0.15) is 0 Å². The fourth-order valence-electron chi connectivity index (χ4n) is 4.01. The number of ether oxygens (including phenoxy) is 1. The molecule has 0 saturated heterocycles. The number of hydrogen-bond acceptors (Lipinski definition) is 3. The third-order valence-corrected chi connectivity index (χ3v) is 5.31. The van der Waals surface area contributed by atoms with Gasteiger partial charge in [0.25, 0.3) is 0 Å². The van der Waals surface area contributed by atoms with Crippen molar-refractivity contribution in [1.29, 1.82) is 0 Å². The number of hydrogen-bond donors (Lipinski definition) is 1. The van der Waals surface area contributed by atoms with Gasteiger partial charge in [0.1, 0.15) is 5.75 Å². The molecule has 0 bridgehead atoms. The van der Waals surface area contributed by atoms with Crippen molar-refractivity contribution < 1.29 is 14.6 Å². The molecule has 2 aromatic carbocycles. The van der Waals surface area contributed by atoms with Crippen LogP contribution in [0.1, 0.15) is 41.2 Å². The average Bonchev–Trinajstić information content (AvgIpc) is 2.77. The second-order valence-electron chi connectivity index (χ2n) is 7.78. The summed E-state index contributed by atoms with van der Waals surface area (Å²) in [5.74, 6) is 0.738. The summed E-state index contributed by atoms with van der Waals surface area (Å²) in [6.45, 7) is 7.19. The van der Waals surface area contributed by atoms with E-state index in [-0.39, 0.29) is 6.42 Å². The SMILES string of the molecule is COc1ccc2c(c1)CC(C)CN(Cc1cc(C)ccc1CCC(=O)O)C2. The van der Waals surface area contributed by atoms with E-state index in [2.05, 4.69) is 49.1 Å². The van der Waals surface area contributed by atoms with Crippen LogP contribution in [-0.2, 0) is 30.7 Å². The van der Waals surface area contributed by atoms with Crippen LogP contribution in [0.25, 0.3) is 0 Å². The zero-order valence-electron chi connectivity index (χ0n) is 16.5. The maximum absolute atomic E-state index is 11.0. The van der Waals surface area contributed by atoms with Crippen molar-refractivity contribution in [3.8, 4) is 5.75 Å². The Bertz CT molecular complexity index is 815. The van der Waals surface area contributed by atoms with Crippen LogP contribution in [0.4, 0.5) is 0 Å². The summed E-state index contributed by atoms with van der Waals surface area (Å²) in [5.41, 5.74) is 6.35. The van der Waals surface area contributed by atoms with Crippen molar-refractivity contribution in [2.24, 2.45) is 5.92 Å². The predicted octanol–water partition coefficient (Wildman–Crippen LogP) is 4.22. The monoisotopic (exact) mass is 367 g/mol. The Hall–Kier alpha value is -2.33. The Morgan fingerprint density at radius 1 is 1.19 bits per heavy atom. The second-order valence-corrected chi connectivity index (χ2v) is 7.78. The minimum absolute atomic E-state index is 0.176. The van der Waals surface area contributed by atoms with Gasteiger partial charge in [0, 0.05) is 26.1 Å². The highest BCUT2D eigenvalue weighted by molar-refractivity contribution is 5.67. The number of carboxylic acids is 1. The lowest BCUT2D eigenvalue weighted by atomic mass is 9.98. The van der Waals surface area contributed by atoms with Crippen LogP contribution in [0, 0.1) is 12.8 Å². The molecule has 0 radical (unpaired) electrons. The third kappa shape index (κ3) is 5.10. The smallest absolute Gasteiger partial charge is 0.303 e. The van der Waals surface area contributed by atoms with Gasteiger partial charge in [0.2, 0.25) is 0 Å². The van der Waals surface area contributed by atoms with Gasteiger partial charge in [-0.25, -0.2) is 0 Å². The zero-order valence-corrected chi connectivity index (χ0v) is 16.5. The molecule has 2 aromatic rings. The molecule has 144 valence electrons. The minimum Gasteiger partial charge on any atom is -0.497 e. The molecule has 0 aromatic heterocycles. The molecule has 0 aliphatic carbocycles. The first kappa shape index (κ1) is 19.4. The summed E-state index contributed by atoms with van der Waals surface area (Å²) < 4.78 is 5.39. The minimum atomic E-state index is -0.743. The fourth-order valence-corrected chi connectivity index (χ4v) is 4.01. The molecule has 1 atom stereocenters. The van der Waals surface area contributed by atoms with Gasteiger partial charge in [-0.3, -0.25) is 9.69 Å². The average molecular weight is 367 g/mol. The lowest BCUT2D eigenvalue weighted by molar-refractivity contribution is -0.136. The predicted molar refractivity (Wildman–Crippen MR) is 107 cm³/mol. The molecule has 1 aliphatic rings. The van der Waals surface area contributed by atoms with Gasteiger partial charge in [0.15, 0.2) is 0 Å². The number of nitrogens with zero attached hydrogens (tertiary/aromatic N) is 1. The van der Waals surface area contributed by atoms with Gasteiger partial charge in [-0.15, -0.1) is 0 Å². The van der Waals surface area contributed by atoms with Gasteiger partial charge in [0.05, 0.1) is 7.11 Å². The maximum Gasteiger partial charge on any atom is 0.303 e. The van der Waals surface area contributed by atoms with E-state index in [4.69, 9.17) is 9.84 Å². The summed E-state index contributed by atoms with van der Waals surface area (Å²) in [5, 5.41) is 9.04. The molecule has 4 nitrogen and oxygen atoms in total. The zero-order chi connectivity index (χ0) is 19.4. The highest BCUT2D eigenvalue weighted by Crippen LogP contribution is 2.27. The quantitative estimate of drug-likeness (QED) is 0.831. The Morgan fingerprint density at radius 3 is 2.74 bits per heavy atom. The molecular weight excluding hydrogens is 338 g/mol. The fraction of sp³-hybridized carbons (Fsp3) is 0.435. The molecule has 1 heterocycles. The number of methoxy groups -OCH3 is 1. The molecule has 0 spiro atoms. The van der Waals surface area contributed by atoms with Crippen LogP contribution in [0.3, 0.4) is 0 Å². The summed E-state index contributed by atoms with van der Waals surface area (Å²) >= 11 is 0. The van der Waals surface area contributed by atoms with Crippen molar-refractivity contribution in [2.75, 3.05) is 13.7 Å². The molecular formula is C23H29NO3. The van der Waals surface area contributed by atoms with Crippen molar-refractivity contribution in [2.45, 2.75) is 46.2 Å². The van der Waals surface area contributed by atoms with Crippen LogP contribution in [0.5, 0.6) is 5.75 Å². The number of rotatable bonds is 6. The summed E-state index contributed by atoms with van der Waals surface area (Å²) in [7, 11) is 1.71. The largest absolute Gasteiger partial charge is 0.497 e. The Morgan fingerprint density at radius 2 is 2.00 bits per heavy atom. The van der Waals surface area contributed by atoms with E-state index >= 15 is 0 Å². The van der Waals surface area contributed by atoms with Gasteiger partial charge < -0.3 is 9.84 Å². The Labute approximate surface area is 161 Å². The van der Waals surface area contributed by atoms with E-state index in [1.165, 1.54) is 22.3 Å². The molecule has 4 heteroatoms. The summed E-state index contributed by atoms with van der Waals surface area (Å²) in [6, 6.07) is 12.8. The van der Waals surface area contributed by atoms with Gasteiger partial charge in [-0.1, -0.05) is 36.8 Å². The summed E-state index contributed by atoms with van der Waals surface area (Å²) in [4.78, 5) is 13.5. The molecule has 1 aliphatic heterocycles. The first-order chi connectivity index (χ1) is 12.9. The van der Waals surface area contributed by atoms with Crippen molar-refractivity contribution in [3.63, 3.8) is 0 Å². The lowest BCUT2D eigenvalue weighted by Gasteiger charge is -2.24. The molecule has 0 saturated carbocycles. The van der Waals surface area contributed by atoms with Crippen LogP contribution in [0.15, 0.2) is 36.4 Å². The Kier molecular flexibility index (Phi) is 6.17. The molecule has 1 N–H and O–H groups in total. The van der Waals surface area contributed by atoms with Crippen molar-refractivity contribution >= 4 is 5.97 Å². The van der Waals surface area contributed by atoms with Crippen LogP contribution in [-0.4, -0.2) is 29.6 Å². The van der Waals surface area contributed by atoms with Gasteiger partial charge >= 0.3 is 5.97 Å². The molecule has 0 amide bonds. The highest BCUT2D eigenvalue weighted by atomic mass is 16.5. The standard InChI is InChI=1S/C23H29NO3/c1-16-4-5-18(7-9-23(25)26)21(10-16)15-24-13-17(2)11-20-12-22(27-3)8-6-19(20)14-24/h4-6,8,10,12,17H,7,9,11,13-15H2,1-3H3,(H,25,26). The molecule has 0 fully saturated rings. The van der Waals surface area contributed by atoms with Crippen LogP contribution >= 0.6 is 0 Å². The number of benzene rings is 2. The summed E-state index contributed by atoms with van der Waals surface area (Å²) in [6.07, 6.45) is 1.82. The van der Waals surface area contributed by atoms with E-state index in [0.29, 0.717) is 12.3 Å². The van der Waals surface area contributed by atoms with E-state index in [1.54, 1.807) is 7.11 Å². The van der Waals surface area contributed by atoms with Gasteiger partial charge in [-0.05, 0) is 60.1 Å². The lowest BCUT2D eigenvalue weighted by Crippen LogP contribution is -2.27. The number of carbonyl (C=O) groups is 1. The number of carboxylic acid groups (broad SMARTS) is 1. The topological polar surface area (TPSA) is 49.8 Å². The number of fused-ring (bicyclic) bond motifs is 1. The van der Waals surface area contributed by atoms with E-state index < -0.39 is 5.97 Å². The highest BCUT2D eigenvalue weighted by Gasteiger charge is 2.20. The van der Waals surface area contributed by atoms with E-state index in [1.807, 2.05) is 6.07 Å². The first-order valence-electron chi connectivity index (χ1n) is 9.63. The molecule has 1 unspecified atom stereocenters. The van der Waals surface area contributed by atoms with E-state index in [0.717, 1.165) is 37.4 Å². The second kappa shape index (κ2) is 8.57. The van der Waals surface area contributed by atoms with Crippen molar-refractivity contribution in [1.82, 2.24) is 4.90 Å². The third-order valence-electron chi connectivity index (χ3n) is 5.31. The van der Waals surface area contributed by atoms with Crippen LogP contribution in [0.2, 0.25) is 0 Å². The van der Waals surface area contributed by atoms with Crippen LogP contribution < -0.4 is 4.74 Å². The molecule has 3 rings (SSSR count). The maximum atomic E-state index is 11.0.